The molecule has 1 fully saturated rings. The molecule has 1 N–H and O–H groups in total. The van der Waals surface area contributed by atoms with Gasteiger partial charge in [-0.25, -0.2) is 0 Å². The van der Waals surface area contributed by atoms with Gasteiger partial charge in [-0.05, 0) is 36.9 Å². The molecule has 0 spiro atoms. The van der Waals surface area contributed by atoms with Crippen LogP contribution in [-0.2, 0) is 6.54 Å². The van der Waals surface area contributed by atoms with Crippen molar-refractivity contribution in [3.8, 4) is 0 Å². The number of fused-ring (bicyclic) bond motifs is 1. The average Bonchev–Trinajstić information content (AvgIpc) is 2.92. The molecule has 104 valence electrons. The molecule has 0 bridgehead atoms. The zero-order chi connectivity index (χ0) is 13.1. The fraction of sp³-hybridized carbons (Fsp3) is 0.647. The SMILES string of the molecule is CN(CC1CCCC1)CC1CNCc2ccccc21. The summed E-state index contributed by atoms with van der Waals surface area (Å²) in [5.74, 6) is 1.62. The Labute approximate surface area is 117 Å². The largest absolute Gasteiger partial charge is 0.312 e. The highest BCUT2D eigenvalue weighted by Crippen LogP contribution is 2.27. The minimum Gasteiger partial charge on any atom is -0.312 e. The van der Waals surface area contributed by atoms with E-state index in [2.05, 4.69) is 41.5 Å². The maximum atomic E-state index is 3.56. The van der Waals surface area contributed by atoms with Gasteiger partial charge in [0.1, 0.15) is 0 Å². The molecule has 1 aliphatic carbocycles. The Morgan fingerprint density at radius 1 is 1.16 bits per heavy atom. The summed E-state index contributed by atoms with van der Waals surface area (Å²) in [5.41, 5.74) is 3.06. The van der Waals surface area contributed by atoms with Crippen molar-refractivity contribution >= 4 is 0 Å². The van der Waals surface area contributed by atoms with E-state index in [0.29, 0.717) is 5.92 Å². The van der Waals surface area contributed by atoms with E-state index in [-0.39, 0.29) is 0 Å². The highest BCUT2D eigenvalue weighted by molar-refractivity contribution is 5.32. The summed E-state index contributed by atoms with van der Waals surface area (Å²) in [5, 5.41) is 3.56. The topological polar surface area (TPSA) is 15.3 Å². The molecular weight excluding hydrogens is 232 g/mol. The maximum Gasteiger partial charge on any atom is 0.0208 e. The van der Waals surface area contributed by atoms with Crippen molar-refractivity contribution in [1.29, 1.82) is 0 Å². The first-order chi connectivity index (χ1) is 9.33. The minimum absolute atomic E-state index is 0.663. The molecule has 0 saturated heterocycles. The van der Waals surface area contributed by atoms with E-state index in [0.717, 1.165) is 19.0 Å². The third-order valence-corrected chi connectivity index (χ3v) is 4.78. The predicted molar refractivity (Wildman–Crippen MR) is 80.3 cm³/mol. The molecule has 0 amide bonds. The van der Waals surface area contributed by atoms with Gasteiger partial charge in [0.25, 0.3) is 0 Å². The van der Waals surface area contributed by atoms with Gasteiger partial charge in [-0.1, -0.05) is 37.1 Å². The third-order valence-electron chi connectivity index (χ3n) is 4.78. The number of hydrogen-bond donors (Lipinski definition) is 1. The Balaban J connectivity index is 1.60. The van der Waals surface area contributed by atoms with Crippen LogP contribution in [0, 0.1) is 5.92 Å². The minimum atomic E-state index is 0.663. The molecule has 1 unspecified atom stereocenters. The molecule has 2 heteroatoms. The highest BCUT2D eigenvalue weighted by atomic mass is 15.1. The Bertz CT molecular complexity index is 409. The third kappa shape index (κ3) is 3.18. The van der Waals surface area contributed by atoms with Crippen molar-refractivity contribution in [2.45, 2.75) is 38.1 Å². The van der Waals surface area contributed by atoms with Gasteiger partial charge in [0, 0.05) is 32.1 Å². The summed E-state index contributed by atoms with van der Waals surface area (Å²) in [7, 11) is 2.30. The summed E-state index contributed by atoms with van der Waals surface area (Å²) < 4.78 is 0. The lowest BCUT2D eigenvalue weighted by Crippen LogP contribution is -2.36. The lowest BCUT2D eigenvalue weighted by Gasteiger charge is -2.31. The van der Waals surface area contributed by atoms with Crippen LogP contribution >= 0.6 is 0 Å². The van der Waals surface area contributed by atoms with E-state index in [4.69, 9.17) is 0 Å². The maximum absolute atomic E-state index is 3.56. The molecule has 1 heterocycles. The second-order valence-electron chi connectivity index (χ2n) is 6.40. The van der Waals surface area contributed by atoms with Gasteiger partial charge in [-0.15, -0.1) is 0 Å². The summed E-state index contributed by atoms with van der Waals surface area (Å²) in [4.78, 5) is 2.56. The van der Waals surface area contributed by atoms with Crippen molar-refractivity contribution < 1.29 is 0 Å². The number of nitrogens with one attached hydrogen (secondary N) is 1. The first kappa shape index (κ1) is 13.1. The van der Waals surface area contributed by atoms with Gasteiger partial charge in [0.05, 0.1) is 0 Å². The van der Waals surface area contributed by atoms with Gasteiger partial charge >= 0.3 is 0 Å². The van der Waals surface area contributed by atoms with Crippen molar-refractivity contribution in [1.82, 2.24) is 10.2 Å². The molecule has 1 atom stereocenters. The molecular formula is C17H26N2. The van der Waals surface area contributed by atoms with Crippen molar-refractivity contribution in [2.24, 2.45) is 5.92 Å². The predicted octanol–water partition coefficient (Wildman–Crippen LogP) is 3.00. The van der Waals surface area contributed by atoms with E-state index < -0.39 is 0 Å². The molecule has 1 aromatic rings. The second kappa shape index (κ2) is 6.06. The standard InChI is InChI=1S/C17H26N2/c1-19(12-14-6-2-3-7-14)13-16-11-18-10-15-8-4-5-9-17(15)16/h4-5,8-9,14,16,18H,2-3,6-7,10-13H2,1H3. The van der Waals surface area contributed by atoms with E-state index >= 15 is 0 Å². The van der Waals surface area contributed by atoms with E-state index in [9.17, 15) is 0 Å². The van der Waals surface area contributed by atoms with Crippen LogP contribution in [0.5, 0.6) is 0 Å². The van der Waals surface area contributed by atoms with Crippen LogP contribution < -0.4 is 5.32 Å². The highest BCUT2D eigenvalue weighted by Gasteiger charge is 2.22. The quantitative estimate of drug-likeness (QED) is 0.893. The molecule has 2 nitrogen and oxygen atoms in total. The molecule has 1 aliphatic heterocycles. The first-order valence-electron chi connectivity index (χ1n) is 7.80. The van der Waals surface area contributed by atoms with Crippen LogP contribution in [0.4, 0.5) is 0 Å². The molecule has 0 aromatic heterocycles. The second-order valence-corrected chi connectivity index (χ2v) is 6.40. The molecule has 1 saturated carbocycles. The number of rotatable bonds is 4. The van der Waals surface area contributed by atoms with E-state index in [1.54, 1.807) is 5.56 Å². The fourth-order valence-electron chi connectivity index (χ4n) is 3.83. The molecule has 19 heavy (non-hydrogen) atoms. The Morgan fingerprint density at radius 3 is 2.79 bits per heavy atom. The number of hydrogen-bond acceptors (Lipinski definition) is 2. The van der Waals surface area contributed by atoms with Crippen LogP contribution in [0.2, 0.25) is 0 Å². The van der Waals surface area contributed by atoms with E-state index in [1.807, 2.05) is 0 Å². The molecule has 3 rings (SSSR count). The van der Waals surface area contributed by atoms with Crippen molar-refractivity contribution in [2.75, 3.05) is 26.7 Å². The fourth-order valence-corrected chi connectivity index (χ4v) is 3.83. The lowest BCUT2D eigenvalue weighted by molar-refractivity contribution is 0.256. The first-order valence-corrected chi connectivity index (χ1v) is 7.80. The van der Waals surface area contributed by atoms with Crippen molar-refractivity contribution in [3.63, 3.8) is 0 Å². The van der Waals surface area contributed by atoms with Crippen LogP contribution in [0.25, 0.3) is 0 Å². The van der Waals surface area contributed by atoms with Crippen LogP contribution in [-0.4, -0.2) is 31.6 Å². The normalized spacial score (nSPS) is 23.8. The number of likely N-dealkylation sites (N-methyl/N-ethyl adjacent to an activating group) is 1. The van der Waals surface area contributed by atoms with E-state index in [1.165, 1.54) is 44.3 Å². The monoisotopic (exact) mass is 258 g/mol. The summed E-state index contributed by atoms with van der Waals surface area (Å²) in [6, 6.07) is 8.94. The summed E-state index contributed by atoms with van der Waals surface area (Å²) >= 11 is 0. The van der Waals surface area contributed by atoms with Gasteiger partial charge in [-0.2, -0.15) is 0 Å². The van der Waals surface area contributed by atoms with Gasteiger partial charge < -0.3 is 10.2 Å². The Morgan fingerprint density at radius 2 is 1.95 bits per heavy atom. The number of nitrogens with zero attached hydrogens (tertiary/aromatic N) is 1. The molecule has 2 aliphatic rings. The van der Waals surface area contributed by atoms with Crippen molar-refractivity contribution in [3.05, 3.63) is 35.4 Å². The van der Waals surface area contributed by atoms with Crippen LogP contribution in [0.15, 0.2) is 24.3 Å². The van der Waals surface area contributed by atoms with Crippen LogP contribution in [0.1, 0.15) is 42.7 Å². The Kier molecular flexibility index (Phi) is 4.19. The zero-order valence-electron chi connectivity index (χ0n) is 12.1. The van der Waals surface area contributed by atoms with Gasteiger partial charge in [-0.3, -0.25) is 0 Å². The van der Waals surface area contributed by atoms with Crippen LogP contribution in [0.3, 0.4) is 0 Å². The van der Waals surface area contributed by atoms with Gasteiger partial charge in [0.15, 0.2) is 0 Å². The van der Waals surface area contributed by atoms with Gasteiger partial charge in [0.2, 0.25) is 0 Å². The zero-order valence-corrected chi connectivity index (χ0v) is 12.1. The Hall–Kier alpha value is -0.860. The summed E-state index contributed by atoms with van der Waals surface area (Å²) in [6.07, 6.45) is 5.80. The lowest BCUT2D eigenvalue weighted by atomic mass is 9.90. The summed E-state index contributed by atoms with van der Waals surface area (Å²) in [6.45, 7) is 4.66. The molecule has 1 aromatic carbocycles. The molecule has 0 radical (unpaired) electrons. The number of benzene rings is 1. The average molecular weight is 258 g/mol. The smallest absolute Gasteiger partial charge is 0.0208 e.